The van der Waals surface area contributed by atoms with Gasteiger partial charge >= 0.3 is 7.82 Å². The van der Waals surface area contributed by atoms with Gasteiger partial charge in [-0.2, -0.15) is 0 Å². The van der Waals surface area contributed by atoms with Gasteiger partial charge < -0.3 is 13.8 Å². The second kappa shape index (κ2) is 9.13. The van der Waals surface area contributed by atoms with E-state index < -0.39 is 14.1 Å². The van der Waals surface area contributed by atoms with Gasteiger partial charge in [-0.05, 0) is 42.5 Å². The van der Waals surface area contributed by atoms with Crippen LogP contribution in [0.3, 0.4) is 0 Å². The minimum Gasteiger partial charge on any atom is -0.395 e. The number of para-hydroxylation sites is 2. The number of benzene rings is 2. The summed E-state index contributed by atoms with van der Waals surface area (Å²) >= 11 is 0. The summed E-state index contributed by atoms with van der Waals surface area (Å²) in [5, 5.41) is 0. The first kappa shape index (κ1) is 20.9. The molecule has 0 aliphatic carbocycles. The molecule has 0 aromatic heterocycles. The molecule has 1 fully saturated rings. The molecule has 28 heavy (non-hydrogen) atoms. The molecule has 0 radical (unpaired) electrons. The molecule has 0 saturated carbocycles. The lowest BCUT2D eigenvalue weighted by Crippen LogP contribution is -2.45. The zero-order chi connectivity index (χ0) is 20.1. The van der Waals surface area contributed by atoms with Crippen molar-refractivity contribution in [1.82, 2.24) is 0 Å². The summed E-state index contributed by atoms with van der Waals surface area (Å²) in [5.74, 6) is 1.62. The molecule has 5 nitrogen and oxygen atoms in total. The number of hydrogen-bond acceptors (Lipinski definition) is 5. The Kier molecular flexibility index (Phi) is 6.82. The Morgan fingerprint density at radius 3 is 1.79 bits per heavy atom. The van der Waals surface area contributed by atoms with Crippen molar-refractivity contribution in [3.05, 3.63) is 60.7 Å². The number of rotatable bonds is 7. The average Bonchev–Trinajstić information content (AvgIpc) is 2.70. The average molecular weight is 404 g/mol. The van der Waals surface area contributed by atoms with E-state index in [1.807, 2.05) is 19.1 Å². The predicted molar refractivity (Wildman–Crippen MR) is 109 cm³/mol. The van der Waals surface area contributed by atoms with Gasteiger partial charge in [0, 0.05) is 5.92 Å². The van der Waals surface area contributed by atoms with E-state index in [-0.39, 0.29) is 12.0 Å². The topological polar surface area (TPSA) is 54.0 Å². The van der Waals surface area contributed by atoms with Crippen LogP contribution in [-0.2, 0) is 13.8 Å². The van der Waals surface area contributed by atoms with E-state index in [0.29, 0.717) is 23.3 Å². The molecule has 1 saturated heterocycles. The molecule has 2 aromatic carbocycles. The van der Waals surface area contributed by atoms with Crippen molar-refractivity contribution in [2.24, 2.45) is 17.8 Å². The molecule has 0 bridgehead atoms. The molecule has 5 atom stereocenters. The van der Waals surface area contributed by atoms with Crippen molar-refractivity contribution < 1.29 is 22.9 Å². The lowest BCUT2D eigenvalue weighted by Gasteiger charge is -2.43. The number of hydrogen-bond donors (Lipinski definition) is 0. The normalized spacial score (nSPS) is 27.9. The fourth-order valence-corrected chi connectivity index (χ4v) is 4.86. The second-order valence-electron chi connectivity index (χ2n) is 7.39. The van der Waals surface area contributed by atoms with Gasteiger partial charge in [0.05, 0.1) is 6.10 Å². The van der Waals surface area contributed by atoms with E-state index in [1.54, 1.807) is 48.5 Å². The highest BCUT2D eigenvalue weighted by molar-refractivity contribution is 7.49. The van der Waals surface area contributed by atoms with Crippen molar-refractivity contribution in [2.75, 3.05) is 0 Å². The molecule has 1 aliphatic heterocycles. The van der Waals surface area contributed by atoms with Crippen LogP contribution in [0.1, 0.15) is 34.1 Å². The van der Waals surface area contributed by atoms with Crippen molar-refractivity contribution in [2.45, 2.75) is 46.5 Å². The maximum atomic E-state index is 13.6. The van der Waals surface area contributed by atoms with Gasteiger partial charge in [0.25, 0.3) is 0 Å². The fraction of sp³-hybridized carbons (Fsp3) is 0.455. The maximum Gasteiger partial charge on any atom is 0.589 e. The molecule has 0 spiro atoms. The highest BCUT2D eigenvalue weighted by Crippen LogP contribution is 2.53. The minimum absolute atomic E-state index is 0.0399. The lowest BCUT2D eigenvalue weighted by atomic mass is 9.78. The standard InChI is InChI=1S/C22H29O5P/c1-5-21-17(3)16(2)18(4)22(24-21)27-28(23,25-19-12-8-6-9-13-19)26-20-14-10-7-11-15-20/h6-18,21-22H,5H2,1-4H3/t16?,17-,18?,21?,22+/m0/s1. The van der Waals surface area contributed by atoms with Gasteiger partial charge in [-0.15, -0.1) is 0 Å². The summed E-state index contributed by atoms with van der Waals surface area (Å²) in [5.41, 5.74) is 0. The zero-order valence-corrected chi connectivity index (χ0v) is 17.8. The Balaban J connectivity index is 1.85. The van der Waals surface area contributed by atoms with Crippen LogP contribution >= 0.6 is 7.82 Å². The molecule has 152 valence electrons. The van der Waals surface area contributed by atoms with Gasteiger partial charge in [0.1, 0.15) is 11.5 Å². The summed E-state index contributed by atoms with van der Waals surface area (Å²) in [7, 11) is -3.98. The lowest BCUT2D eigenvalue weighted by molar-refractivity contribution is -0.216. The van der Waals surface area contributed by atoms with Crippen LogP contribution in [0.2, 0.25) is 0 Å². The van der Waals surface area contributed by atoms with Gasteiger partial charge in [0.15, 0.2) is 6.29 Å². The zero-order valence-electron chi connectivity index (χ0n) is 16.9. The monoisotopic (exact) mass is 404 g/mol. The van der Waals surface area contributed by atoms with Gasteiger partial charge in [0.2, 0.25) is 0 Å². The summed E-state index contributed by atoms with van der Waals surface area (Å²) in [6.07, 6.45) is 0.231. The Morgan fingerprint density at radius 1 is 0.821 bits per heavy atom. The quantitative estimate of drug-likeness (QED) is 0.506. The third kappa shape index (κ3) is 4.96. The predicted octanol–water partition coefficient (Wildman–Crippen LogP) is 6.31. The van der Waals surface area contributed by atoms with Crippen LogP contribution in [-0.4, -0.2) is 12.4 Å². The van der Waals surface area contributed by atoms with Gasteiger partial charge in [-0.25, -0.2) is 9.09 Å². The number of ether oxygens (including phenoxy) is 1. The molecule has 0 N–H and O–H groups in total. The second-order valence-corrected chi connectivity index (χ2v) is 8.86. The highest BCUT2D eigenvalue weighted by atomic mass is 31.2. The van der Waals surface area contributed by atoms with E-state index in [2.05, 4.69) is 20.8 Å². The smallest absolute Gasteiger partial charge is 0.395 e. The van der Waals surface area contributed by atoms with E-state index in [1.165, 1.54) is 0 Å². The van der Waals surface area contributed by atoms with E-state index in [9.17, 15) is 4.57 Å². The van der Waals surface area contributed by atoms with Crippen LogP contribution in [0.25, 0.3) is 0 Å². The molecular weight excluding hydrogens is 375 g/mol. The van der Waals surface area contributed by atoms with Crippen LogP contribution in [0.5, 0.6) is 11.5 Å². The van der Waals surface area contributed by atoms with Gasteiger partial charge in [-0.3, -0.25) is 0 Å². The molecule has 2 aromatic rings. The first-order chi connectivity index (χ1) is 13.4. The maximum absolute atomic E-state index is 13.6. The first-order valence-electron chi connectivity index (χ1n) is 9.85. The molecule has 3 rings (SSSR count). The largest absolute Gasteiger partial charge is 0.589 e. The van der Waals surface area contributed by atoms with E-state index in [4.69, 9.17) is 18.3 Å². The summed E-state index contributed by atoms with van der Waals surface area (Å²) in [6, 6.07) is 17.8. The van der Waals surface area contributed by atoms with Crippen molar-refractivity contribution in [1.29, 1.82) is 0 Å². The number of phosphoric ester groups is 1. The van der Waals surface area contributed by atoms with Crippen LogP contribution in [0.4, 0.5) is 0 Å². The van der Waals surface area contributed by atoms with Crippen LogP contribution < -0.4 is 9.05 Å². The molecule has 1 aliphatic rings. The summed E-state index contributed by atoms with van der Waals surface area (Å²) in [6.45, 7) is 8.50. The van der Waals surface area contributed by atoms with Crippen molar-refractivity contribution >= 4 is 7.82 Å². The SMILES string of the molecule is CCC1O[C@H](OP(=O)(Oc2ccccc2)Oc2ccccc2)C(C)C(C)[C@@H]1C. The summed E-state index contributed by atoms with van der Waals surface area (Å²) < 4.78 is 37.1. The first-order valence-corrected chi connectivity index (χ1v) is 11.3. The highest BCUT2D eigenvalue weighted by Gasteiger charge is 2.44. The molecule has 1 heterocycles. The van der Waals surface area contributed by atoms with E-state index >= 15 is 0 Å². The third-order valence-corrected chi connectivity index (χ3v) is 6.87. The molecule has 0 amide bonds. The number of phosphoric acid groups is 1. The Labute approximate surface area is 167 Å². The van der Waals surface area contributed by atoms with Crippen molar-refractivity contribution in [3.8, 4) is 11.5 Å². The molecule has 6 heteroatoms. The third-order valence-electron chi connectivity index (χ3n) is 5.54. The summed E-state index contributed by atoms with van der Waals surface area (Å²) in [4.78, 5) is 0. The van der Waals surface area contributed by atoms with Crippen LogP contribution in [0, 0.1) is 17.8 Å². The molecule has 3 unspecified atom stereocenters. The fourth-order valence-electron chi connectivity index (χ4n) is 3.48. The van der Waals surface area contributed by atoms with Crippen LogP contribution in [0.15, 0.2) is 60.7 Å². The Hall–Kier alpha value is -1.81. The Bertz CT molecular complexity index is 735. The van der Waals surface area contributed by atoms with E-state index in [0.717, 1.165) is 6.42 Å². The van der Waals surface area contributed by atoms with Crippen molar-refractivity contribution in [3.63, 3.8) is 0 Å². The molecular formula is C22H29O5P. The Morgan fingerprint density at radius 2 is 1.32 bits per heavy atom. The minimum atomic E-state index is -3.98. The van der Waals surface area contributed by atoms with Gasteiger partial charge in [-0.1, -0.05) is 64.1 Å².